The third-order valence-corrected chi connectivity index (χ3v) is 6.71. The van der Waals surface area contributed by atoms with Crippen LogP contribution in [0.5, 0.6) is 0 Å². The van der Waals surface area contributed by atoms with Crippen LogP contribution in [0.4, 0.5) is 5.69 Å². The molecule has 1 amide bonds. The van der Waals surface area contributed by atoms with E-state index in [0.717, 1.165) is 17.2 Å². The van der Waals surface area contributed by atoms with Gasteiger partial charge in [-0.15, -0.1) is 0 Å². The molecule has 0 spiro atoms. The van der Waals surface area contributed by atoms with Crippen molar-refractivity contribution in [3.63, 3.8) is 0 Å². The first-order valence-electron chi connectivity index (χ1n) is 9.06. The maximum Gasteiger partial charge on any atom is 0.270 e. The van der Waals surface area contributed by atoms with Gasteiger partial charge in [-0.1, -0.05) is 30.3 Å². The number of nitro benzene ring substituents is 1. The number of benzene rings is 2. The Labute approximate surface area is 169 Å². The molecule has 2 aromatic rings. The number of nitrogens with zero attached hydrogens (tertiary/aromatic N) is 3. The molecular formula is C20H21N3O5S. The molecule has 0 bridgehead atoms. The Hall–Kier alpha value is -3.04. The largest absolute Gasteiger partial charge is 0.337 e. The Morgan fingerprint density at radius 3 is 2.41 bits per heavy atom. The first-order chi connectivity index (χ1) is 13.8. The molecule has 9 heteroatoms. The molecule has 0 radical (unpaired) electrons. The Morgan fingerprint density at radius 1 is 1.07 bits per heavy atom. The van der Waals surface area contributed by atoms with Crippen molar-refractivity contribution in [2.75, 3.05) is 26.2 Å². The van der Waals surface area contributed by atoms with Crippen LogP contribution in [0.2, 0.25) is 0 Å². The van der Waals surface area contributed by atoms with Crippen LogP contribution in [0.25, 0.3) is 6.08 Å². The molecule has 1 aliphatic heterocycles. The molecule has 1 fully saturated rings. The zero-order valence-corrected chi connectivity index (χ0v) is 16.7. The lowest BCUT2D eigenvalue weighted by atomic mass is 10.1. The van der Waals surface area contributed by atoms with Gasteiger partial charge in [-0.3, -0.25) is 14.9 Å². The predicted octanol–water partition coefficient (Wildman–Crippen LogP) is 2.45. The van der Waals surface area contributed by atoms with Gasteiger partial charge in [0.1, 0.15) is 0 Å². The molecule has 0 N–H and O–H groups in total. The normalized spacial score (nSPS) is 15.6. The number of sulfonamides is 1. The van der Waals surface area contributed by atoms with Crippen molar-refractivity contribution in [2.24, 2.45) is 0 Å². The number of nitro groups is 1. The Bertz CT molecular complexity index is 1060. The van der Waals surface area contributed by atoms with Crippen molar-refractivity contribution in [3.8, 4) is 0 Å². The van der Waals surface area contributed by atoms with Gasteiger partial charge in [-0.25, -0.2) is 8.42 Å². The van der Waals surface area contributed by atoms with Crippen LogP contribution in [-0.4, -0.2) is 54.6 Å². The number of rotatable bonds is 5. The summed E-state index contributed by atoms with van der Waals surface area (Å²) in [5.74, 6) is -0.180. The summed E-state index contributed by atoms with van der Waals surface area (Å²) in [7, 11) is -3.86. The number of amides is 1. The smallest absolute Gasteiger partial charge is 0.270 e. The van der Waals surface area contributed by atoms with E-state index in [1.807, 2.05) is 31.2 Å². The molecule has 152 valence electrons. The monoisotopic (exact) mass is 415 g/mol. The summed E-state index contributed by atoms with van der Waals surface area (Å²) < 4.78 is 26.8. The fourth-order valence-corrected chi connectivity index (χ4v) is 4.56. The number of hydrogen-bond donors (Lipinski definition) is 0. The molecule has 29 heavy (non-hydrogen) atoms. The van der Waals surface area contributed by atoms with E-state index < -0.39 is 14.9 Å². The van der Waals surface area contributed by atoms with Gasteiger partial charge in [0.2, 0.25) is 15.9 Å². The first-order valence-corrected chi connectivity index (χ1v) is 10.5. The second kappa shape index (κ2) is 8.54. The highest BCUT2D eigenvalue weighted by Gasteiger charge is 2.30. The van der Waals surface area contributed by atoms with Crippen molar-refractivity contribution in [2.45, 2.75) is 11.8 Å². The highest BCUT2D eigenvalue weighted by atomic mass is 32.2. The van der Waals surface area contributed by atoms with Gasteiger partial charge in [0.25, 0.3) is 5.69 Å². The van der Waals surface area contributed by atoms with E-state index in [9.17, 15) is 23.3 Å². The van der Waals surface area contributed by atoms with Gasteiger partial charge in [-0.05, 0) is 30.2 Å². The Morgan fingerprint density at radius 2 is 1.76 bits per heavy atom. The number of aryl methyl sites for hydroxylation is 1. The van der Waals surface area contributed by atoms with Gasteiger partial charge in [0, 0.05) is 44.4 Å². The lowest BCUT2D eigenvalue weighted by molar-refractivity contribution is -0.385. The average molecular weight is 415 g/mol. The summed E-state index contributed by atoms with van der Waals surface area (Å²) in [5.41, 5.74) is 1.73. The quantitative estimate of drug-likeness (QED) is 0.424. The van der Waals surface area contributed by atoms with Crippen LogP contribution in [0, 0.1) is 17.0 Å². The van der Waals surface area contributed by atoms with Gasteiger partial charge in [0.15, 0.2) is 0 Å². The predicted molar refractivity (Wildman–Crippen MR) is 109 cm³/mol. The topological polar surface area (TPSA) is 101 Å². The molecular weight excluding hydrogens is 394 g/mol. The van der Waals surface area contributed by atoms with Crippen LogP contribution in [0.3, 0.4) is 0 Å². The van der Waals surface area contributed by atoms with E-state index in [4.69, 9.17) is 0 Å². The summed E-state index contributed by atoms with van der Waals surface area (Å²) in [5, 5.41) is 10.9. The van der Waals surface area contributed by atoms with E-state index >= 15 is 0 Å². The van der Waals surface area contributed by atoms with Crippen molar-refractivity contribution in [1.29, 1.82) is 0 Å². The van der Waals surface area contributed by atoms with Crippen LogP contribution >= 0.6 is 0 Å². The fourth-order valence-electron chi connectivity index (χ4n) is 3.10. The molecule has 1 saturated heterocycles. The second-order valence-electron chi connectivity index (χ2n) is 6.67. The Balaban J connectivity index is 1.65. The van der Waals surface area contributed by atoms with E-state index in [-0.39, 0.29) is 42.7 Å². The number of carbonyl (C=O) groups is 1. The summed E-state index contributed by atoms with van der Waals surface area (Å²) in [6.07, 6.45) is 3.25. The van der Waals surface area contributed by atoms with E-state index in [2.05, 4.69) is 0 Å². The summed E-state index contributed by atoms with van der Waals surface area (Å²) in [6, 6.07) is 12.7. The maximum atomic E-state index is 12.8. The third-order valence-electron chi connectivity index (χ3n) is 4.81. The molecule has 8 nitrogen and oxygen atoms in total. The number of non-ortho nitro benzene ring substituents is 1. The molecule has 1 aliphatic rings. The lowest BCUT2D eigenvalue weighted by Crippen LogP contribution is -2.50. The minimum atomic E-state index is -3.86. The molecule has 0 aliphatic carbocycles. The molecule has 2 aromatic carbocycles. The molecule has 0 unspecified atom stereocenters. The standard InChI is InChI=1S/C20H21N3O5S/c1-16-5-2-3-6-17(16)9-10-20(24)21-11-13-22(14-12-21)29(27,28)19-8-4-7-18(15-19)23(25)26/h2-10,15H,11-14H2,1H3/b10-9+. The lowest BCUT2D eigenvalue weighted by Gasteiger charge is -2.33. The van der Waals surface area contributed by atoms with Gasteiger partial charge < -0.3 is 4.90 Å². The maximum absolute atomic E-state index is 12.8. The van der Waals surface area contributed by atoms with Crippen molar-refractivity contribution in [3.05, 3.63) is 75.8 Å². The summed E-state index contributed by atoms with van der Waals surface area (Å²) >= 11 is 0. The number of hydrogen-bond acceptors (Lipinski definition) is 5. The zero-order chi connectivity index (χ0) is 21.0. The van der Waals surface area contributed by atoms with Crippen LogP contribution < -0.4 is 0 Å². The third kappa shape index (κ3) is 4.69. The second-order valence-corrected chi connectivity index (χ2v) is 8.61. The van der Waals surface area contributed by atoms with Gasteiger partial charge in [0.05, 0.1) is 9.82 Å². The first kappa shape index (κ1) is 20.7. The minimum absolute atomic E-state index is 0.120. The van der Waals surface area contributed by atoms with Crippen LogP contribution in [0.1, 0.15) is 11.1 Å². The Kier molecular flexibility index (Phi) is 6.09. The minimum Gasteiger partial charge on any atom is -0.337 e. The molecule has 0 saturated carbocycles. The zero-order valence-electron chi connectivity index (χ0n) is 15.9. The van der Waals surface area contributed by atoms with Crippen molar-refractivity contribution < 1.29 is 18.1 Å². The van der Waals surface area contributed by atoms with Gasteiger partial charge in [-0.2, -0.15) is 4.31 Å². The SMILES string of the molecule is Cc1ccccc1/C=C/C(=O)N1CCN(S(=O)(=O)c2cccc([N+](=O)[O-])c2)CC1. The number of piperazine rings is 1. The van der Waals surface area contributed by atoms with Crippen LogP contribution in [0.15, 0.2) is 59.5 Å². The van der Waals surface area contributed by atoms with E-state index in [0.29, 0.717) is 0 Å². The number of carbonyl (C=O) groups excluding carboxylic acids is 1. The fraction of sp³-hybridized carbons (Fsp3) is 0.250. The molecule has 1 heterocycles. The summed E-state index contributed by atoms with van der Waals surface area (Å²) in [6.45, 7) is 2.74. The highest BCUT2D eigenvalue weighted by Crippen LogP contribution is 2.22. The molecule has 3 rings (SSSR count). The molecule has 0 atom stereocenters. The van der Waals surface area contributed by atoms with Crippen molar-refractivity contribution >= 4 is 27.7 Å². The summed E-state index contributed by atoms with van der Waals surface area (Å²) in [4.78, 5) is 24.2. The van der Waals surface area contributed by atoms with E-state index in [1.165, 1.54) is 28.6 Å². The van der Waals surface area contributed by atoms with Crippen LogP contribution in [-0.2, 0) is 14.8 Å². The van der Waals surface area contributed by atoms with Crippen molar-refractivity contribution in [1.82, 2.24) is 9.21 Å². The molecule has 0 aromatic heterocycles. The van der Waals surface area contributed by atoms with Gasteiger partial charge >= 0.3 is 0 Å². The highest BCUT2D eigenvalue weighted by molar-refractivity contribution is 7.89. The van der Waals surface area contributed by atoms with E-state index in [1.54, 1.807) is 11.0 Å². The average Bonchev–Trinajstić information content (AvgIpc) is 2.73.